The molecule has 0 aliphatic heterocycles. The number of urea groups is 1. The molecule has 0 saturated heterocycles. The number of ether oxygens (including phenoxy) is 1. The minimum atomic E-state index is -0.352. The first-order chi connectivity index (χ1) is 9.17. The zero-order valence-corrected chi connectivity index (χ0v) is 11.4. The molecule has 0 radical (unpaired) electrons. The minimum Gasteiger partial charge on any atom is -0.378 e. The Kier molecular flexibility index (Phi) is 4.48. The van der Waals surface area contributed by atoms with Crippen molar-refractivity contribution in [1.29, 1.82) is 0 Å². The van der Waals surface area contributed by atoms with E-state index in [2.05, 4.69) is 20.8 Å². The number of hydrogen-bond acceptors (Lipinski definition) is 6. The second-order valence-corrected chi connectivity index (χ2v) is 4.74. The smallest absolute Gasteiger partial charge is 0.320 e. The number of anilines is 1. The van der Waals surface area contributed by atoms with Crippen LogP contribution in [-0.4, -0.2) is 23.3 Å². The molecule has 102 valence electrons. The molecular formula is C11H14N4O3S. The van der Waals surface area contributed by atoms with Gasteiger partial charge in [-0.05, 0) is 6.92 Å². The van der Waals surface area contributed by atoms with Crippen molar-refractivity contribution in [2.75, 3.05) is 12.4 Å². The molecule has 2 N–H and O–H groups in total. The summed E-state index contributed by atoms with van der Waals surface area (Å²) >= 11 is 1.50. The van der Waals surface area contributed by atoms with E-state index in [1.165, 1.54) is 11.3 Å². The number of rotatable bonds is 5. The van der Waals surface area contributed by atoms with Crippen LogP contribution >= 0.6 is 11.3 Å². The van der Waals surface area contributed by atoms with E-state index in [0.717, 1.165) is 10.7 Å². The lowest BCUT2D eigenvalue weighted by Gasteiger charge is -2.02. The van der Waals surface area contributed by atoms with E-state index in [9.17, 15) is 4.79 Å². The molecule has 0 fully saturated rings. The van der Waals surface area contributed by atoms with Crippen molar-refractivity contribution in [2.24, 2.45) is 0 Å². The van der Waals surface area contributed by atoms with Gasteiger partial charge in [0.15, 0.2) is 5.82 Å². The Labute approximate surface area is 114 Å². The van der Waals surface area contributed by atoms with Crippen molar-refractivity contribution in [3.8, 4) is 0 Å². The maximum atomic E-state index is 11.6. The summed E-state index contributed by atoms with van der Waals surface area (Å²) in [6.45, 7) is 2.58. The Bertz CT molecular complexity index is 552. The third kappa shape index (κ3) is 4.04. The van der Waals surface area contributed by atoms with E-state index in [-0.39, 0.29) is 6.03 Å². The van der Waals surface area contributed by atoms with Crippen LogP contribution in [0.3, 0.4) is 0 Å². The third-order valence-corrected chi connectivity index (χ3v) is 3.04. The topological polar surface area (TPSA) is 89.3 Å². The fourth-order valence-electron chi connectivity index (χ4n) is 1.38. The number of amides is 2. The summed E-state index contributed by atoms with van der Waals surface area (Å²) in [5.74, 6) is 1.02. The summed E-state index contributed by atoms with van der Waals surface area (Å²) in [5.41, 5.74) is 0.795. The van der Waals surface area contributed by atoms with Crippen LogP contribution < -0.4 is 10.6 Å². The van der Waals surface area contributed by atoms with Gasteiger partial charge in [-0.3, -0.25) is 5.32 Å². The lowest BCUT2D eigenvalue weighted by atomic mass is 10.5. The number of hydrogen-bond donors (Lipinski definition) is 2. The monoisotopic (exact) mass is 282 g/mol. The van der Waals surface area contributed by atoms with Crippen LogP contribution in [0.15, 0.2) is 16.0 Å². The fraction of sp³-hybridized carbons (Fsp3) is 0.364. The molecule has 0 spiro atoms. The van der Waals surface area contributed by atoms with Crippen LogP contribution in [-0.2, 0) is 17.9 Å². The molecule has 0 aliphatic carbocycles. The third-order valence-electron chi connectivity index (χ3n) is 2.17. The number of thiazole rings is 1. The van der Waals surface area contributed by atoms with E-state index in [4.69, 9.17) is 9.26 Å². The van der Waals surface area contributed by atoms with Gasteiger partial charge in [-0.2, -0.15) is 0 Å². The molecule has 2 aromatic rings. The molecule has 0 atom stereocenters. The van der Waals surface area contributed by atoms with Crippen LogP contribution in [0.1, 0.15) is 16.5 Å². The van der Waals surface area contributed by atoms with Crippen LogP contribution in [0, 0.1) is 6.92 Å². The average Bonchev–Trinajstić information content (AvgIpc) is 2.97. The second-order valence-electron chi connectivity index (χ2n) is 3.80. The maximum Gasteiger partial charge on any atom is 0.320 e. The van der Waals surface area contributed by atoms with Crippen LogP contribution in [0.4, 0.5) is 10.6 Å². The molecule has 2 amide bonds. The van der Waals surface area contributed by atoms with Gasteiger partial charge in [0, 0.05) is 18.6 Å². The molecule has 0 bridgehead atoms. The van der Waals surface area contributed by atoms with Crippen molar-refractivity contribution < 1.29 is 14.1 Å². The number of carbonyl (C=O) groups excluding carboxylic acids is 1. The van der Waals surface area contributed by atoms with Crippen molar-refractivity contribution >= 4 is 23.2 Å². The van der Waals surface area contributed by atoms with E-state index < -0.39 is 0 Å². The molecule has 0 aliphatic rings. The van der Waals surface area contributed by atoms with Gasteiger partial charge in [-0.1, -0.05) is 5.16 Å². The SMILES string of the molecule is COCc1nc(CNC(=O)Nc2cc(C)on2)cs1. The first-order valence-corrected chi connectivity index (χ1v) is 6.45. The number of carbonyl (C=O) groups is 1. The Balaban J connectivity index is 1.79. The highest BCUT2D eigenvalue weighted by Gasteiger charge is 2.07. The van der Waals surface area contributed by atoms with Gasteiger partial charge in [0.1, 0.15) is 10.8 Å². The highest BCUT2D eigenvalue weighted by molar-refractivity contribution is 7.09. The number of methoxy groups -OCH3 is 1. The zero-order chi connectivity index (χ0) is 13.7. The fourth-order valence-corrected chi connectivity index (χ4v) is 2.14. The number of nitrogens with one attached hydrogen (secondary N) is 2. The first kappa shape index (κ1) is 13.5. The maximum absolute atomic E-state index is 11.6. The highest BCUT2D eigenvalue weighted by Crippen LogP contribution is 2.10. The Morgan fingerprint density at radius 3 is 3.11 bits per heavy atom. The van der Waals surface area contributed by atoms with E-state index in [0.29, 0.717) is 24.7 Å². The zero-order valence-electron chi connectivity index (χ0n) is 10.6. The predicted molar refractivity (Wildman–Crippen MR) is 69.9 cm³/mol. The number of aryl methyl sites for hydroxylation is 1. The summed E-state index contributed by atoms with van der Waals surface area (Å²) in [6.07, 6.45) is 0. The first-order valence-electron chi connectivity index (χ1n) is 5.58. The molecule has 0 saturated carbocycles. The largest absolute Gasteiger partial charge is 0.378 e. The molecular weight excluding hydrogens is 268 g/mol. The molecule has 0 aromatic carbocycles. The Morgan fingerprint density at radius 1 is 1.58 bits per heavy atom. The molecule has 0 unspecified atom stereocenters. The summed E-state index contributed by atoms with van der Waals surface area (Å²) in [7, 11) is 1.62. The van der Waals surface area contributed by atoms with Gasteiger partial charge in [-0.25, -0.2) is 9.78 Å². The molecule has 2 aromatic heterocycles. The van der Waals surface area contributed by atoms with Crippen LogP contribution in [0.5, 0.6) is 0 Å². The molecule has 7 nitrogen and oxygen atoms in total. The van der Waals surface area contributed by atoms with Crippen molar-refractivity contribution in [2.45, 2.75) is 20.1 Å². The average molecular weight is 282 g/mol. The van der Waals surface area contributed by atoms with Crippen molar-refractivity contribution in [3.05, 3.63) is 27.9 Å². The molecule has 19 heavy (non-hydrogen) atoms. The highest BCUT2D eigenvalue weighted by atomic mass is 32.1. The van der Waals surface area contributed by atoms with E-state index in [1.807, 2.05) is 5.38 Å². The molecule has 2 heterocycles. The van der Waals surface area contributed by atoms with E-state index in [1.54, 1.807) is 20.1 Å². The normalized spacial score (nSPS) is 10.4. The van der Waals surface area contributed by atoms with Gasteiger partial charge < -0.3 is 14.6 Å². The van der Waals surface area contributed by atoms with Gasteiger partial charge in [0.25, 0.3) is 0 Å². The van der Waals surface area contributed by atoms with Crippen LogP contribution in [0.2, 0.25) is 0 Å². The lowest BCUT2D eigenvalue weighted by molar-refractivity contribution is 0.184. The summed E-state index contributed by atoms with van der Waals surface area (Å²) in [5, 5.41) is 11.7. The van der Waals surface area contributed by atoms with Gasteiger partial charge >= 0.3 is 6.03 Å². The minimum absolute atomic E-state index is 0.350. The van der Waals surface area contributed by atoms with Crippen LogP contribution in [0.25, 0.3) is 0 Å². The van der Waals surface area contributed by atoms with Crippen molar-refractivity contribution in [1.82, 2.24) is 15.5 Å². The Hall–Kier alpha value is -1.93. The van der Waals surface area contributed by atoms with Gasteiger partial charge in [0.05, 0.1) is 18.8 Å². The summed E-state index contributed by atoms with van der Waals surface area (Å²) < 4.78 is 9.82. The number of nitrogens with zero attached hydrogens (tertiary/aromatic N) is 2. The lowest BCUT2D eigenvalue weighted by Crippen LogP contribution is -2.28. The van der Waals surface area contributed by atoms with Gasteiger partial charge in [0.2, 0.25) is 0 Å². The summed E-state index contributed by atoms with van der Waals surface area (Å²) in [4.78, 5) is 15.9. The quantitative estimate of drug-likeness (QED) is 0.874. The summed E-state index contributed by atoms with van der Waals surface area (Å²) in [6, 6.07) is 1.29. The predicted octanol–water partition coefficient (Wildman–Crippen LogP) is 1.91. The van der Waals surface area contributed by atoms with Crippen molar-refractivity contribution in [3.63, 3.8) is 0 Å². The van der Waals surface area contributed by atoms with Gasteiger partial charge in [-0.15, -0.1) is 11.3 Å². The molecule has 2 rings (SSSR count). The standard InChI is InChI=1S/C11H14N4O3S/c1-7-3-9(15-18-7)14-11(16)12-4-8-6-19-10(13-8)5-17-2/h3,6H,4-5H2,1-2H3,(H2,12,14,15,16). The molecule has 8 heteroatoms. The Morgan fingerprint density at radius 2 is 2.42 bits per heavy atom. The number of aromatic nitrogens is 2. The second kappa shape index (κ2) is 6.30. The van der Waals surface area contributed by atoms with E-state index >= 15 is 0 Å².